The minimum absolute atomic E-state index is 0.193. The number of benzene rings is 1. The van der Waals surface area contributed by atoms with Gasteiger partial charge in [0.25, 0.3) is 5.91 Å². The van der Waals surface area contributed by atoms with Crippen LogP contribution in [0.25, 0.3) is 21.8 Å². The molecule has 0 aliphatic carbocycles. The largest absolute Gasteiger partial charge is 0.417 e. The number of carbonyl (C=O) groups excluding carboxylic acids is 1. The molecule has 0 aliphatic heterocycles. The van der Waals surface area contributed by atoms with Gasteiger partial charge in [-0.15, -0.1) is 0 Å². The van der Waals surface area contributed by atoms with Crippen LogP contribution in [-0.2, 0) is 13.2 Å². The van der Waals surface area contributed by atoms with Gasteiger partial charge in [-0.1, -0.05) is 0 Å². The summed E-state index contributed by atoms with van der Waals surface area (Å²) in [6.45, 7) is 1.59. The molecule has 0 saturated heterocycles. The molecular weight excluding hydrogens is 428 g/mol. The number of carbonyl (C=O) groups is 1. The van der Waals surface area contributed by atoms with E-state index >= 15 is 0 Å². The number of anilines is 1. The summed E-state index contributed by atoms with van der Waals surface area (Å²) in [5, 5.41) is 5.21. The molecule has 3 heterocycles. The predicted octanol–water partition coefficient (Wildman–Crippen LogP) is 4.09. The molecule has 4 aromatic rings. The molecular formula is C21H18F4N6O. The Bertz CT molecular complexity index is 1350. The molecule has 3 aromatic heterocycles. The number of fused-ring (bicyclic) bond motifs is 3. The molecule has 0 radical (unpaired) electrons. The number of pyridine rings is 2. The SMILES string of the molecule is C[C@H](c1ccc(C(F)(F)F)cn1)N(C)C(=O)c1cc2c(cc1F)nc(N)c1cnn(C)c12. The van der Waals surface area contributed by atoms with Crippen LogP contribution in [0.2, 0.25) is 0 Å². The van der Waals surface area contributed by atoms with Crippen molar-refractivity contribution in [3.8, 4) is 0 Å². The van der Waals surface area contributed by atoms with Crippen molar-refractivity contribution in [2.24, 2.45) is 7.05 Å². The average Bonchev–Trinajstić information content (AvgIpc) is 3.14. The minimum atomic E-state index is -4.51. The normalized spacial score (nSPS) is 13.0. The van der Waals surface area contributed by atoms with Crippen molar-refractivity contribution in [1.29, 1.82) is 0 Å². The fourth-order valence-electron chi connectivity index (χ4n) is 3.53. The molecule has 4 rings (SSSR count). The van der Waals surface area contributed by atoms with Crippen LogP contribution in [0, 0.1) is 5.82 Å². The van der Waals surface area contributed by atoms with E-state index in [2.05, 4.69) is 15.1 Å². The zero-order chi connectivity index (χ0) is 23.4. The molecule has 2 N–H and O–H groups in total. The number of alkyl halides is 3. The first-order chi connectivity index (χ1) is 15.0. The maximum absolute atomic E-state index is 14.8. The third kappa shape index (κ3) is 3.49. The Labute approximate surface area is 179 Å². The Morgan fingerprint density at radius 2 is 1.91 bits per heavy atom. The minimum Gasteiger partial charge on any atom is -0.383 e. The number of hydrogen-bond acceptors (Lipinski definition) is 5. The van der Waals surface area contributed by atoms with E-state index in [1.54, 1.807) is 18.7 Å². The van der Waals surface area contributed by atoms with Gasteiger partial charge in [0.05, 0.1) is 45.5 Å². The van der Waals surface area contributed by atoms with Gasteiger partial charge in [0, 0.05) is 31.7 Å². The number of nitrogen functional groups attached to an aromatic ring is 1. The Morgan fingerprint density at radius 1 is 1.19 bits per heavy atom. The standard InChI is InChI=1S/C21H18F4N6O/c1-10(16-5-4-11(8-27-16)21(23,24)25)30(2)20(32)12-6-13-17(7-15(12)22)29-19(26)14-9-28-31(3)18(13)14/h4-10H,1-3H3,(H2,26,29)/t10-/m1/s1. The van der Waals surface area contributed by atoms with Crippen LogP contribution in [0.3, 0.4) is 0 Å². The number of amides is 1. The van der Waals surface area contributed by atoms with Crippen LogP contribution in [0.4, 0.5) is 23.4 Å². The van der Waals surface area contributed by atoms with Gasteiger partial charge in [0.2, 0.25) is 0 Å². The average molecular weight is 446 g/mol. The van der Waals surface area contributed by atoms with Gasteiger partial charge in [-0.2, -0.15) is 18.3 Å². The molecule has 32 heavy (non-hydrogen) atoms. The van der Waals surface area contributed by atoms with Crippen molar-refractivity contribution in [3.05, 3.63) is 59.3 Å². The predicted molar refractivity (Wildman–Crippen MR) is 110 cm³/mol. The Kier molecular flexibility index (Phi) is 4.99. The topological polar surface area (TPSA) is 89.9 Å². The molecule has 1 amide bonds. The van der Waals surface area contributed by atoms with Gasteiger partial charge in [-0.25, -0.2) is 9.37 Å². The number of nitrogens with two attached hydrogens (primary N) is 1. The maximum Gasteiger partial charge on any atom is 0.417 e. The van der Waals surface area contributed by atoms with Crippen molar-refractivity contribution < 1.29 is 22.4 Å². The third-order valence-electron chi connectivity index (χ3n) is 5.47. The van der Waals surface area contributed by atoms with E-state index in [0.29, 0.717) is 22.5 Å². The van der Waals surface area contributed by atoms with Crippen LogP contribution in [0.1, 0.15) is 34.6 Å². The zero-order valence-corrected chi connectivity index (χ0v) is 17.3. The molecule has 0 bridgehead atoms. The van der Waals surface area contributed by atoms with Crippen LogP contribution in [0.5, 0.6) is 0 Å². The van der Waals surface area contributed by atoms with Gasteiger partial charge in [0.15, 0.2) is 0 Å². The van der Waals surface area contributed by atoms with E-state index in [-0.39, 0.29) is 22.6 Å². The lowest BCUT2D eigenvalue weighted by atomic mass is 10.1. The number of aryl methyl sites for hydroxylation is 1. The number of rotatable bonds is 3. The number of halogens is 4. The quantitative estimate of drug-likeness (QED) is 0.479. The summed E-state index contributed by atoms with van der Waals surface area (Å²) in [4.78, 5) is 22.3. The second kappa shape index (κ2) is 7.43. The Morgan fingerprint density at radius 3 is 2.53 bits per heavy atom. The number of hydrogen-bond donors (Lipinski definition) is 1. The summed E-state index contributed by atoms with van der Waals surface area (Å²) >= 11 is 0. The molecule has 7 nitrogen and oxygen atoms in total. The lowest BCUT2D eigenvalue weighted by molar-refractivity contribution is -0.137. The monoisotopic (exact) mass is 446 g/mol. The first-order valence-electron chi connectivity index (χ1n) is 9.49. The summed E-state index contributed by atoms with van der Waals surface area (Å²) in [6.07, 6.45) is -2.28. The Hall–Kier alpha value is -3.76. The van der Waals surface area contributed by atoms with E-state index in [4.69, 9.17) is 5.73 Å². The fourth-order valence-corrected chi connectivity index (χ4v) is 3.53. The van der Waals surface area contributed by atoms with Crippen molar-refractivity contribution >= 4 is 33.5 Å². The van der Waals surface area contributed by atoms with E-state index in [1.165, 1.54) is 30.3 Å². The van der Waals surface area contributed by atoms with Crippen LogP contribution in [0.15, 0.2) is 36.7 Å². The summed E-state index contributed by atoms with van der Waals surface area (Å²) < 4.78 is 54.7. The molecule has 0 unspecified atom stereocenters. The summed E-state index contributed by atoms with van der Waals surface area (Å²) in [6, 6.07) is 3.89. The van der Waals surface area contributed by atoms with Gasteiger partial charge >= 0.3 is 6.18 Å². The first kappa shape index (κ1) is 21.5. The number of aromatic nitrogens is 4. The lowest BCUT2D eigenvalue weighted by Crippen LogP contribution is -2.31. The Balaban J connectivity index is 1.72. The fraction of sp³-hybridized carbons (Fsp3) is 0.238. The number of nitrogens with zero attached hydrogens (tertiary/aromatic N) is 5. The lowest BCUT2D eigenvalue weighted by Gasteiger charge is -2.25. The summed E-state index contributed by atoms with van der Waals surface area (Å²) in [7, 11) is 3.12. The van der Waals surface area contributed by atoms with Gasteiger partial charge in [-0.05, 0) is 25.1 Å². The van der Waals surface area contributed by atoms with Gasteiger partial charge in [-0.3, -0.25) is 14.5 Å². The molecule has 166 valence electrons. The van der Waals surface area contributed by atoms with Crippen LogP contribution < -0.4 is 5.73 Å². The molecule has 1 atom stereocenters. The van der Waals surface area contributed by atoms with Crippen LogP contribution >= 0.6 is 0 Å². The van der Waals surface area contributed by atoms with E-state index < -0.39 is 29.5 Å². The van der Waals surface area contributed by atoms with Crippen LogP contribution in [-0.4, -0.2) is 37.6 Å². The first-order valence-corrected chi connectivity index (χ1v) is 9.49. The van der Waals surface area contributed by atoms with E-state index in [9.17, 15) is 22.4 Å². The van der Waals surface area contributed by atoms with E-state index in [0.717, 1.165) is 12.1 Å². The highest BCUT2D eigenvalue weighted by molar-refractivity contribution is 6.10. The van der Waals surface area contributed by atoms with E-state index in [1.807, 2.05) is 0 Å². The highest BCUT2D eigenvalue weighted by Gasteiger charge is 2.31. The molecule has 0 aliphatic rings. The van der Waals surface area contributed by atoms with Crippen molar-refractivity contribution in [3.63, 3.8) is 0 Å². The summed E-state index contributed by atoms with van der Waals surface area (Å²) in [5.74, 6) is -1.26. The molecule has 1 aromatic carbocycles. The third-order valence-corrected chi connectivity index (χ3v) is 5.47. The second-order valence-electron chi connectivity index (χ2n) is 7.44. The molecule has 0 fully saturated rings. The maximum atomic E-state index is 14.8. The highest BCUT2D eigenvalue weighted by Crippen LogP contribution is 2.32. The van der Waals surface area contributed by atoms with Crippen molar-refractivity contribution in [2.75, 3.05) is 12.8 Å². The van der Waals surface area contributed by atoms with Gasteiger partial charge < -0.3 is 10.6 Å². The summed E-state index contributed by atoms with van der Waals surface area (Å²) in [5.41, 5.74) is 5.93. The zero-order valence-electron chi connectivity index (χ0n) is 17.3. The molecule has 0 spiro atoms. The highest BCUT2D eigenvalue weighted by atomic mass is 19.4. The van der Waals surface area contributed by atoms with Crippen molar-refractivity contribution in [2.45, 2.75) is 19.1 Å². The molecule has 11 heteroatoms. The van der Waals surface area contributed by atoms with Gasteiger partial charge in [0.1, 0.15) is 11.6 Å². The molecule has 0 saturated carbocycles. The second-order valence-corrected chi connectivity index (χ2v) is 7.44. The smallest absolute Gasteiger partial charge is 0.383 e. The van der Waals surface area contributed by atoms with Crippen molar-refractivity contribution in [1.82, 2.24) is 24.6 Å².